The van der Waals surface area contributed by atoms with Crippen molar-refractivity contribution in [1.29, 1.82) is 0 Å². The van der Waals surface area contributed by atoms with Crippen LogP contribution in [0.3, 0.4) is 0 Å². The van der Waals surface area contributed by atoms with Gasteiger partial charge in [0.2, 0.25) is 0 Å². The third kappa shape index (κ3) is 21.3. The highest BCUT2D eigenvalue weighted by Crippen LogP contribution is 2.33. The van der Waals surface area contributed by atoms with Crippen LogP contribution in [0.1, 0.15) is 81.7 Å². The van der Waals surface area contributed by atoms with Crippen molar-refractivity contribution < 1.29 is 15.3 Å². The topological polar surface area (TPSA) is 118 Å². The molecule has 15 heteroatoms. The second-order valence-corrected chi connectivity index (χ2v) is 15.8. The number of fused-ring (bicyclic) bond motifs is 4. The van der Waals surface area contributed by atoms with E-state index in [2.05, 4.69) is 128 Å². The van der Waals surface area contributed by atoms with Gasteiger partial charge in [0.05, 0.1) is 0 Å². The lowest BCUT2D eigenvalue weighted by Crippen LogP contribution is -2.30. The van der Waals surface area contributed by atoms with Crippen molar-refractivity contribution in [3.63, 3.8) is 0 Å². The Labute approximate surface area is 445 Å². The molecule has 358 valence electrons. The molecule has 0 radical (unpaired) electrons. The van der Waals surface area contributed by atoms with E-state index in [-0.39, 0.29) is 125 Å². The van der Waals surface area contributed by atoms with E-state index in [1.54, 1.807) is 12.1 Å². The van der Waals surface area contributed by atoms with Gasteiger partial charge in [-0.3, -0.25) is 9.80 Å². The molecule has 0 unspecified atom stereocenters. The summed E-state index contributed by atoms with van der Waals surface area (Å²) >= 11 is 0. The normalized spacial score (nSPS) is 15.3. The van der Waals surface area contributed by atoms with Gasteiger partial charge >= 0.3 is 0 Å². The first-order valence-corrected chi connectivity index (χ1v) is 21.0. The molecule has 2 aliphatic heterocycles. The molecular formula is C49H71Br6FN6O2. The number of nitrogens with one attached hydrogen (secondary N) is 4. The SMILES string of the molecule is Br.Br.Br.Br.Br.Br.Fc1ccc(C(c2cccc(CN3CCCNCc4cccc(c4)CNCCC3)c2)c2cccc(CN3CCCNCc4cccc(c4)CNCCC3)c2)cc1.O.O. The number of benzene rings is 5. The number of hydrogen-bond acceptors (Lipinski definition) is 6. The van der Waals surface area contributed by atoms with Crippen LogP contribution in [0.5, 0.6) is 0 Å². The van der Waals surface area contributed by atoms with Crippen LogP contribution in [0.2, 0.25) is 0 Å². The maximum absolute atomic E-state index is 14.3. The van der Waals surface area contributed by atoms with Crippen molar-refractivity contribution in [1.82, 2.24) is 31.1 Å². The second kappa shape index (κ2) is 35.7. The molecule has 2 aliphatic rings. The van der Waals surface area contributed by atoms with Gasteiger partial charge in [0.15, 0.2) is 0 Å². The van der Waals surface area contributed by atoms with Crippen LogP contribution in [0.15, 0.2) is 121 Å². The van der Waals surface area contributed by atoms with Crippen molar-refractivity contribution in [3.05, 3.63) is 177 Å². The van der Waals surface area contributed by atoms with Gasteiger partial charge < -0.3 is 32.2 Å². The molecule has 5 aromatic carbocycles. The highest BCUT2D eigenvalue weighted by molar-refractivity contribution is 8.93. The molecule has 0 atom stereocenters. The standard InChI is InChI=1S/C49H61FN6.6BrH.2H2O/c50-48-19-17-45(18-20-48)49(46-15-3-13-43(31-46)37-55-25-5-21-51-33-39-9-1-10-40(29-39)34-52-22-6-26-55)47-16-4-14-44(32-47)38-56-27-7-23-53-35-41-11-2-12-42(30-41)36-54-24-8-28-56;;;;;;;;/h1-4,9-20,29-32,49,51-54H,5-8,21-28,33-38H2;6*1H;2*1H2. The summed E-state index contributed by atoms with van der Waals surface area (Å²) in [5.74, 6) is -0.197. The number of nitrogens with zero attached hydrogens (tertiary/aromatic N) is 2. The molecule has 2 heterocycles. The minimum absolute atomic E-state index is 0. The number of rotatable bonds is 7. The first-order valence-electron chi connectivity index (χ1n) is 21.0. The molecule has 0 saturated carbocycles. The molecule has 0 spiro atoms. The number of hydrogen-bond donors (Lipinski definition) is 4. The average molecular weight is 1270 g/mol. The van der Waals surface area contributed by atoms with Gasteiger partial charge in [-0.15, -0.1) is 102 Å². The van der Waals surface area contributed by atoms with E-state index < -0.39 is 0 Å². The zero-order chi connectivity index (χ0) is 38.2. The zero-order valence-corrected chi connectivity index (χ0v) is 46.9. The molecule has 7 rings (SSSR count). The fourth-order valence-electron chi connectivity index (χ4n) is 8.37. The quantitative estimate of drug-likeness (QED) is 0.121. The lowest BCUT2D eigenvalue weighted by atomic mass is 9.84. The summed E-state index contributed by atoms with van der Waals surface area (Å²) in [5.41, 5.74) is 11.7. The summed E-state index contributed by atoms with van der Waals surface area (Å²) in [5, 5.41) is 14.7. The van der Waals surface area contributed by atoms with Gasteiger partial charge in [0, 0.05) is 45.2 Å². The second-order valence-electron chi connectivity index (χ2n) is 15.8. The van der Waals surface area contributed by atoms with Crippen molar-refractivity contribution in [2.24, 2.45) is 0 Å². The van der Waals surface area contributed by atoms with Crippen LogP contribution in [0, 0.1) is 5.82 Å². The maximum atomic E-state index is 14.3. The van der Waals surface area contributed by atoms with E-state index in [0.717, 1.165) is 123 Å². The molecule has 0 aliphatic carbocycles. The van der Waals surface area contributed by atoms with Gasteiger partial charge in [0.25, 0.3) is 0 Å². The van der Waals surface area contributed by atoms with Crippen LogP contribution < -0.4 is 21.3 Å². The first kappa shape index (κ1) is 64.7. The van der Waals surface area contributed by atoms with Crippen LogP contribution >= 0.6 is 102 Å². The smallest absolute Gasteiger partial charge is 0.123 e. The molecule has 4 bridgehead atoms. The van der Waals surface area contributed by atoms with E-state index in [4.69, 9.17) is 0 Å². The number of halogens is 7. The van der Waals surface area contributed by atoms with Crippen molar-refractivity contribution in [2.75, 3.05) is 52.4 Å². The fourth-order valence-corrected chi connectivity index (χ4v) is 8.37. The molecular weight excluding hydrogens is 1200 g/mol. The highest BCUT2D eigenvalue weighted by atomic mass is 79.9. The Balaban J connectivity index is 0. The molecule has 64 heavy (non-hydrogen) atoms. The Morgan fingerprint density at radius 3 is 1.08 bits per heavy atom. The Morgan fingerprint density at radius 1 is 0.406 bits per heavy atom. The molecule has 0 saturated heterocycles. The molecule has 0 aromatic heterocycles. The lowest BCUT2D eigenvalue weighted by molar-refractivity contribution is 0.256. The molecule has 0 fully saturated rings. The Hall–Kier alpha value is -1.41. The van der Waals surface area contributed by atoms with Crippen LogP contribution in [0.4, 0.5) is 4.39 Å². The fraction of sp³-hybridized carbons (Fsp3) is 0.388. The third-order valence-corrected chi connectivity index (χ3v) is 11.2. The van der Waals surface area contributed by atoms with E-state index in [9.17, 15) is 4.39 Å². The van der Waals surface area contributed by atoms with Gasteiger partial charge in [-0.25, -0.2) is 4.39 Å². The zero-order valence-electron chi connectivity index (χ0n) is 36.6. The monoisotopic (exact) mass is 1270 g/mol. The minimum atomic E-state index is -0.201. The Bertz CT molecular complexity index is 1790. The van der Waals surface area contributed by atoms with Crippen LogP contribution in [-0.2, 0) is 39.3 Å². The third-order valence-electron chi connectivity index (χ3n) is 11.2. The summed E-state index contributed by atoms with van der Waals surface area (Å²) in [7, 11) is 0. The van der Waals surface area contributed by atoms with E-state index >= 15 is 0 Å². The summed E-state index contributed by atoms with van der Waals surface area (Å²) in [6, 6.07) is 43.3. The van der Waals surface area contributed by atoms with Gasteiger partial charge in [0.1, 0.15) is 5.82 Å². The predicted octanol–water partition coefficient (Wildman–Crippen LogP) is 9.77. The summed E-state index contributed by atoms with van der Waals surface area (Å²) < 4.78 is 14.3. The summed E-state index contributed by atoms with van der Waals surface area (Å²) in [6.07, 6.45) is 4.43. The Kier molecular flexibility index (Phi) is 36.1. The van der Waals surface area contributed by atoms with E-state index in [1.807, 2.05) is 12.1 Å². The van der Waals surface area contributed by atoms with Gasteiger partial charge in [-0.05, 0) is 140 Å². The first-order chi connectivity index (χ1) is 27.6. The maximum Gasteiger partial charge on any atom is 0.123 e. The molecule has 8 N–H and O–H groups in total. The molecule has 5 aromatic rings. The molecule has 0 amide bonds. The van der Waals surface area contributed by atoms with Crippen molar-refractivity contribution in [2.45, 2.75) is 70.9 Å². The van der Waals surface area contributed by atoms with E-state index in [0.29, 0.717) is 0 Å². The van der Waals surface area contributed by atoms with E-state index in [1.165, 1.54) is 44.5 Å². The molecule has 8 nitrogen and oxygen atoms in total. The predicted molar refractivity (Wildman–Crippen MR) is 298 cm³/mol. The summed E-state index contributed by atoms with van der Waals surface area (Å²) in [4.78, 5) is 5.23. The Morgan fingerprint density at radius 2 is 0.734 bits per heavy atom. The minimum Gasteiger partial charge on any atom is -0.412 e. The van der Waals surface area contributed by atoms with Crippen LogP contribution in [-0.4, -0.2) is 73.1 Å². The highest BCUT2D eigenvalue weighted by Gasteiger charge is 2.19. The average Bonchev–Trinajstić information content (AvgIpc) is 3.21. The van der Waals surface area contributed by atoms with Crippen LogP contribution in [0.25, 0.3) is 0 Å². The van der Waals surface area contributed by atoms with Crippen molar-refractivity contribution >= 4 is 102 Å². The largest absolute Gasteiger partial charge is 0.412 e. The summed E-state index contributed by atoms with van der Waals surface area (Å²) in [6.45, 7) is 13.7. The van der Waals surface area contributed by atoms with Crippen molar-refractivity contribution in [3.8, 4) is 0 Å². The van der Waals surface area contributed by atoms with Gasteiger partial charge in [-0.1, -0.05) is 109 Å². The van der Waals surface area contributed by atoms with Gasteiger partial charge in [-0.2, -0.15) is 0 Å². The lowest BCUT2D eigenvalue weighted by Gasteiger charge is -2.25.